The molecular weight excluding hydrogens is 623 g/mol. The van der Waals surface area contributed by atoms with E-state index in [0.29, 0.717) is 28.1 Å². The molecule has 8 nitrogen and oxygen atoms in total. The predicted octanol–water partition coefficient (Wildman–Crippen LogP) is 7.24. The molecule has 1 aliphatic heterocycles. The Hall–Kier alpha value is -3.69. The lowest BCUT2D eigenvalue weighted by Gasteiger charge is -2.33. The zero-order valence-corrected chi connectivity index (χ0v) is 27.7. The molecule has 2 bridgehead atoms. The van der Waals surface area contributed by atoms with Gasteiger partial charge in [0.25, 0.3) is 0 Å². The van der Waals surface area contributed by atoms with Crippen molar-refractivity contribution in [2.45, 2.75) is 102 Å². The molecule has 3 fully saturated rings. The summed E-state index contributed by atoms with van der Waals surface area (Å²) >= 11 is 1.07. The van der Waals surface area contributed by atoms with Gasteiger partial charge in [-0.05, 0) is 86.6 Å². The van der Waals surface area contributed by atoms with Crippen molar-refractivity contribution in [1.29, 1.82) is 5.26 Å². The van der Waals surface area contributed by atoms with Crippen LogP contribution in [0.3, 0.4) is 0 Å². The van der Waals surface area contributed by atoms with Crippen LogP contribution in [0.2, 0.25) is 0 Å². The summed E-state index contributed by atoms with van der Waals surface area (Å²) < 4.78 is 41.1. The molecule has 1 saturated heterocycles. The smallest absolute Gasteiger partial charge is 0.367 e. The maximum Gasteiger partial charge on any atom is 0.393 e. The van der Waals surface area contributed by atoms with E-state index in [1.54, 1.807) is 6.07 Å². The summed E-state index contributed by atoms with van der Waals surface area (Å²) in [6, 6.07) is 10.6. The standard InChI is InChI=1S/C35H40F3N7OS/c1-3-30(46)43-34-10-8-33(19-34,9-11-34)20-45-25(17-39)14-27-22(2)23(4-5-29(27)45)18-44-12-6-24(7-13-44)42-31-28-15-26(16-35(36,37)38)47-32(28)41-21-40-31/h4-5,14-15,21,24H,3,6-13,16,18-20H2,1-2H3,(H,43,46)(H,40,41,42). The van der Waals surface area contributed by atoms with Gasteiger partial charge < -0.3 is 15.2 Å². The fourth-order valence-electron chi connectivity index (χ4n) is 8.36. The number of likely N-dealkylation sites (tertiary alicyclic amines) is 1. The van der Waals surface area contributed by atoms with Crippen molar-refractivity contribution in [3.05, 3.63) is 52.3 Å². The van der Waals surface area contributed by atoms with E-state index in [9.17, 15) is 23.2 Å². The van der Waals surface area contributed by atoms with E-state index >= 15 is 0 Å². The van der Waals surface area contributed by atoms with E-state index in [0.717, 1.165) is 93.4 Å². The number of rotatable bonds is 9. The molecule has 7 rings (SSSR count). The number of nitriles is 1. The van der Waals surface area contributed by atoms with Gasteiger partial charge in [0, 0.05) is 60.0 Å². The summed E-state index contributed by atoms with van der Waals surface area (Å²) in [5, 5.41) is 18.7. The molecule has 2 saturated carbocycles. The molecular formula is C35H40F3N7OS. The van der Waals surface area contributed by atoms with Crippen LogP contribution in [-0.2, 0) is 24.3 Å². The highest BCUT2D eigenvalue weighted by Gasteiger charge is 2.55. The third kappa shape index (κ3) is 6.32. The second-order valence-electron chi connectivity index (χ2n) is 14.0. The maximum absolute atomic E-state index is 13.0. The minimum Gasteiger partial charge on any atom is -0.367 e. The first-order valence-corrected chi connectivity index (χ1v) is 17.4. The Balaban J connectivity index is 1.01. The lowest BCUT2D eigenvalue weighted by molar-refractivity contribution is -0.126. The zero-order chi connectivity index (χ0) is 33.0. The van der Waals surface area contributed by atoms with Crippen LogP contribution in [0.1, 0.15) is 80.0 Å². The van der Waals surface area contributed by atoms with Gasteiger partial charge in [-0.2, -0.15) is 18.4 Å². The van der Waals surface area contributed by atoms with E-state index in [-0.39, 0.29) is 27.8 Å². The van der Waals surface area contributed by atoms with Crippen molar-refractivity contribution in [2.75, 3.05) is 18.4 Å². The van der Waals surface area contributed by atoms with E-state index in [1.165, 1.54) is 17.5 Å². The minimum atomic E-state index is -4.26. The van der Waals surface area contributed by atoms with Gasteiger partial charge in [-0.1, -0.05) is 13.0 Å². The largest absolute Gasteiger partial charge is 0.393 e. The number of nitrogens with zero attached hydrogens (tertiary/aromatic N) is 5. The number of benzene rings is 1. The number of aromatic nitrogens is 3. The maximum atomic E-state index is 13.0. The number of halogens is 3. The summed E-state index contributed by atoms with van der Waals surface area (Å²) in [6.07, 6.45) is 3.62. The van der Waals surface area contributed by atoms with E-state index in [2.05, 4.69) is 55.2 Å². The first-order valence-electron chi connectivity index (χ1n) is 16.6. The highest BCUT2D eigenvalue weighted by molar-refractivity contribution is 7.18. The van der Waals surface area contributed by atoms with Crippen molar-refractivity contribution >= 4 is 44.2 Å². The Kier molecular flexibility index (Phi) is 8.20. The number of aryl methyl sites for hydroxylation is 1. The van der Waals surface area contributed by atoms with Crippen LogP contribution in [0.4, 0.5) is 19.0 Å². The fourth-order valence-corrected chi connectivity index (χ4v) is 9.39. The number of carbonyl (C=O) groups is 1. The Morgan fingerprint density at radius 2 is 1.89 bits per heavy atom. The number of nitrogens with one attached hydrogen (secondary N) is 2. The quantitative estimate of drug-likeness (QED) is 0.196. The van der Waals surface area contributed by atoms with Gasteiger partial charge in [0.05, 0.1) is 11.8 Å². The van der Waals surface area contributed by atoms with Crippen LogP contribution in [0.15, 0.2) is 30.6 Å². The molecule has 4 aromatic rings. The number of amides is 1. The molecule has 0 spiro atoms. The summed E-state index contributed by atoms with van der Waals surface area (Å²) in [5.74, 6) is 0.728. The molecule has 248 valence electrons. The van der Waals surface area contributed by atoms with Crippen LogP contribution in [0, 0.1) is 23.7 Å². The van der Waals surface area contributed by atoms with Gasteiger partial charge in [0.2, 0.25) is 5.91 Å². The van der Waals surface area contributed by atoms with Crippen molar-refractivity contribution in [1.82, 2.24) is 24.8 Å². The van der Waals surface area contributed by atoms with Gasteiger partial charge >= 0.3 is 6.18 Å². The van der Waals surface area contributed by atoms with Crippen LogP contribution in [-0.4, -0.2) is 56.2 Å². The topological polar surface area (TPSA) is 98.9 Å². The monoisotopic (exact) mass is 663 g/mol. The number of alkyl halides is 3. The molecule has 1 amide bonds. The number of fused-ring (bicyclic) bond motifs is 4. The molecule has 0 radical (unpaired) electrons. The molecule has 3 aromatic heterocycles. The van der Waals surface area contributed by atoms with Crippen LogP contribution < -0.4 is 10.6 Å². The highest BCUT2D eigenvalue weighted by Crippen LogP contribution is 2.57. The van der Waals surface area contributed by atoms with E-state index < -0.39 is 12.6 Å². The molecule has 47 heavy (non-hydrogen) atoms. The van der Waals surface area contributed by atoms with Crippen LogP contribution in [0.25, 0.3) is 21.1 Å². The Labute approximate surface area is 276 Å². The normalized spacial score (nSPS) is 23.5. The molecule has 4 heterocycles. The summed E-state index contributed by atoms with van der Waals surface area (Å²) in [5.41, 5.74) is 4.27. The molecule has 2 aliphatic carbocycles. The van der Waals surface area contributed by atoms with Crippen molar-refractivity contribution in [3.8, 4) is 6.07 Å². The summed E-state index contributed by atoms with van der Waals surface area (Å²) in [4.78, 5) is 24.0. The van der Waals surface area contributed by atoms with Gasteiger partial charge in [-0.3, -0.25) is 9.69 Å². The van der Waals surface area contributed by atoms with Gasteiger partial charge in [0.1, 0.15) is 28.7 Å². The van der Waals surface area contributed by atoms with E-state index in [1.807, 2.05) is 13.0 Å². The van der Waals surface area contributed by atoms with Crippen LogP contribution >= 0.6 is 11.3 Å². The SMILES string of the molecule is CCC(=O)NC12CCC(Cn3c(C#N)cc4c(C)c(CN5CCC(Nc6ncnc7sc(CC(F)(F)F)cc67)CC5)ccc43)(CC1)C2. The van der Waals surface area contributed by atoms with E-state index in [4.69, 9.17) is 0 Å². The Bertz CT molecular complexity index is 1860. The molecule has 0 unspecified atom stereocenters. The summed E-state index contributed by atoms with van der Waals surface area (Å²) in [6.45, 7) is 7.44. The molecule has 0 atom stereocenters. The Morgan fingerprint density at radius 3 is 2.60 bits per heavy atom. The third-order valence-corrected chi connectivity index (χ3v) is 11.9. The Morgan fingerprint density at radius 1 is 1.13 bits per heavy atom. The molecule has 3 aliphatic rings. The van der Waals surface area contributed by atoms with Crippen LogP contribution in [0.5, 0.6) is 0 Å². The first-order chi connectivity index (χ1) is 22.5. The number of hydrogen-bond acceptors (Lipinski definition) is 7. The fraction of sp³-hybridized carbons (Fsp3) is 0.543. The molecule has 2 N–H and O–H groups in total. The van der Waals surface area contributed by atoms with Crippen molar-refractivity contribution in [2.24, 2.45) is 5.41 Å². The van der Waals surface area contributed by atoms with Gasteiger partial charge in [-0.25, -0.2) is 9.97 Å². The average Bonchev–Trinajstić information content (AvgIpc) is 3.79. The number of thiophene rings is 1. The van der Waals surface area contributed by atoms with Crippen molar-refractivity contribution in [3.63, 3.8) is 0 Å². The molecule has 1 aromatic carbocycles. The number of hydrogen-bond donors (Lipinski definition) is 2. The minimum absolute atomic E-state index is 0.0833. The number of anilines is 1. The predicted molar refractivity (Wildman–Crippen MR) is 177 cm³/mol. The van der Waals surface area contributed by atoms with Gasteiger partial charge in [0.15, 0.2) is 0 Å². The lowest BCUT2D eigenvalue weighted by atomic mass is 9.83. The third-order valence-electron chi connectivity index (χ3n) is 10.9. The van der Waals surface area contributed by atoms with Crippen molar-refractivity contribution < 1.29 is 18.0 Å². The number of carbonyl (C=O) groups excluding carboxylic acids is 1. The number of piperidine rings is 1. The second kappa shape index (κ2) is 12.1. The zero-order valence-electron chi connectivity index (χ0n) is 26.8. The lowest BCUT2D eigenvalue weighted by Crippen LogP contribution is -2.44. The first kappa shape index (κ1) is 31.9. The highest BCUT2D eigenvalue weighted by atomic mass is 32.1. The second-order valence-corrected chi connectivity index (χ2v) is 15.1. The van der Waals surface area contributed by atoms with Gasteiger partial charge in [-0.15, -0.1) is 11.3 Å². The molecule has 12 heteroatoms. The summed E-state index contributed by atoms with van der Waals surface area (Å²) in [7, 11) is 0. The average molecular weight is 664 g/mol.